The van der Waals surface area contributed by atoms with Crippen molar-refractivity contribution in [1.82, 2.24) is 9.88 Å². The summed E-state index contributed by atoms with van der Waals surface area (Å²) in [5.74, 6) is -0.907. The lowest BCUT2D eigenvalue weighted by atomic mass is 10.1. The van der Waals surface area contributed by atoms with Gasteiger partial charge in [-0.15, -0.1) is 0 Å². The van der Waals surface area contributed by atoms with E-state index in [1.807, 2.05) is 47.9 Å². The Kier molecular flexibility index (Phi) is 6.76. The number of fused-ring (bicyclic) bond motifs is 1. The Hall–Kier alpha value is -3.63. The van der Waals surface area contributed by atoms with E-state index in [0.29, 0.717) is 25.3 Å². The molecule has 4 aromatic rings. The van der Waals surface area contributed by atoms with Crippen molar-refractivity contribution in [1.29, 1.82) is 0 Å². The molecule has 0 saturated carbocycles. The number of carbonyl (C=O) groups is 1. The van der Waals surface area contributed by atoms with E-state index in [9.17, 15) is 9.90 Å². The summed E-state index contributed by atoms with van der Waals surface area (Å²) < 4.78 is 1.93. The maximum Gasteiger partial charge on any atom is 0.352 e. The molecule has 1 heterocycles. The molecule has 168 valence electrons. The second kappa shape index (κ2) is 9.88. The molecule has 33 heavy (non-hydrogen) atoms. The molecule has 0 atom stereocenters. The van der Waals surface area contributed by atoms with Gasteiger partial charge >= 0.3 is 5.97 Å². The summed E-state index contributed by atoms with van der Waals surface area (Å²) in [6.07, 6.45) is 2.82. The summed E-state index contributed by atoms with van der Waals surface area (Å²) >= 11 is 0. The second-order valence-electron chi connectivity index (χ2n) is 8.46. The second-order valence-corrected chi connectivity index (χ2v) is 8.46. The monoisotopic (exact) mass is 438 g/mol. The van der Waals surface area contributed by atoms with Gasteiger partial charge in [-0.05, 0) is 47.2 Å². The lowest BCUT2D eigenvalue weighted by Gasteiger charge is -2.11. The molecule has 0 spiro atoms. The number of aromatic nitrogens is 1. The molecular weight excluding hydrogens is 408 g/mol. The number of aryl methyl sites for hydroxylation is 2. The average Bonchev–Trinajstić information content (AvgIpc) is 3.12. The number of rotatable bonds is 9. The highest BCUT2D eigenvalue weighted by molar-refractivity contribution is 5.98. The smallest absolute Gasteiger partial charge is 0.352 e. The van der Waals surface area contributed by atoms with Gasteiger partial charge in [0, 0.05) is 36.1 Å². The zero-order valence-electron chi connectivity index (χ0n) is 19.3. The molecular formula is C29H30N2O2. The molecule has 1 aromatic heterocycles. The molecule has 0 unspecified atom stereocenters. The van der Waals surface area contributed by atoms with E-state index in [4.69, 9.17) is 0 Å². The van der Waals surface area contributed by atoms with Gasteiger partial charge in [0.05, 0.1) is 0 Å². The summed E-state index contributed by atoms with van der Waals surface area (Å²) in [4.78, 5) is 12.4. The van der Waals surface area contributed by atoms with Crippen LogP contribution in [-0.4, -0.2) is 15.6 Å². The van der Waals surface area contributed by atoms with Gasteiger partial charge in [-0.1, -0.05) is 80.2 Å². The Balaban J connectivity index is 1.68. The van der Waals surface area contributed by atoms with Gasteiger partial charge in [0.25, 0.3) is 0 Å². The Labute approximate surface area is 195 Å². The standard InChI is InChI=1S/C29H30N2O2/c1-4-21-7-11-23(12-8-21)17-30-18-26-25-15-6-20(3)16-27(25)31(28(26)29(32)33)19-24-13-9-22(5-2)10-14-24/h5-16,30H,2,4,17-19H2,1,3H3,(H,32,33). The minimum Gasteiger partial charge on any atom is -0.477 e. The fourth-order valence-corrected chi connectivity index (χ4v) is 4.29. The Morgan fingerprint density at radius 3 is 2.27 bits per heavy atom. The average molecular weight is 439 g/mol. The van der Waals surface area contributed by atoms with E-state index < -0.39 is 5.97 Å². The van der Waals surface area contributed by atoms with Crippen molar-refractivity contribution < 1.29 is 9.90 Å². The van der Waals surface area contributed by atoms with Gasteiger partial charge in [0.2, 0.25) is 0 Å². The van der Waals surface area contributed by atoms with Crippen molar-refractivity contribution in [3.8, 4) is 0 Å². The fraction of sp³-hybridized carbons (Fsp3) is 0.207. The third-order valence-electron chi connectivity index (χ3n) is 6.15. The van der Waals surface area contributed by atoms with Gasteiger partial charge < -0.3 is 15.0 Å². The first-order chi connectivity index (χ1) is 16.0. The zero-order valence-corrected chi connectivity index (χ0v) is 19.3. The number of aromatic carboxylic acids is 1. The Bertz CT molecular complexity index is 1280. The van der Waals surface area contributed by atoms with Gasteiger partial charge in [-0.2, -0.15) is 0 Å². The van der Waals surface area contributed by atoms with Crippen LogP contribution in [0.4, 0.5) is 0 Å². The predicted molar refractivity (Wildman–Crippen MR) is 136 cm³/mol. The molecule has 0 saturated heterocycles. The Morgan fingerprint density at radius 2 is 1.64 bits per heavy atom. The first-order valence-electron chi connectivity index (χ1n) is 11.3. The quantitative estimate of drug-likeness (QED) is 0.327. The van der Waals surface area contributed by atoms with Crippen LogP contribution in [0.5, 0.6) is 0 Å². The van der Waals surface area contributed by atoms with Crippen LogP contribution >= 0.6 is 0 Å². The summed E-state index contributed by atoms with van der Waals surface area (Å²) in [6.45, 7) is 9.65. The topological polar surface area (TPSA) is 54.3 Å². The van der Waals surface area contributed by atoms with Gasteiger partial charge in [0.1, 0.15) is 5.69 Å². The number of carboxylic acid groups (broad SMARTS) is 1. The molecule has 0 fully saturated rings. The van der Waals surface area contributed by atoms with E-state index in [-0.39, 0.29) is 0 Å². The van der Waals surface area contributed by atoms with Crippen LogP contribution in [0, 0.1) is 6.92 Å². The first-order valence-corrected chi connectivity index (χ1v) is 11.3. The maximum absolute atomic E-state index is 12.4. The molecule has 0 aliphatic rings. The largest absolute Gasteiger partial charge is 0.477 e. The molecule has 4 heteroatoms. The Morgan fingerprint density at radius 1 is 0.970 bits per heavy atom. The van der Waals surface area contributed by atoms with Crippen molar-refractivity contribution in [2.75, 3.05) is 0 Å². The van der Waals surface area contributed by atoms with Crippen LogP contribution in [0.3, 0.4) is 0 Å². The minimum atomic E-state index is -0.907. The van der Waals surface area contributed by atoms with Gasteiger partial charge in [-0.3, -0.25) is 0 Å². The van der Waals surface area contributed by atoms with E-state index in [1.54, 1.807) is 6.08 Å². The SMILES string of the molecule is C=Cc1ccc(Cn2c(C(=O)O)c(CNCc3ccc(CC)cc3)c3ccc(C)cc32)cc1. The van der Waals surface area contributed by atoms with Crippen molar-refractivity contribution in [3.63, 3.8) is 0 Å². The van der Waals surface area contributed by atoms with E-state index in [1.165, 1.54) is 11.1 Å². The normalized spacial score (nSPS) is 11.1. The third-order valence-corrected chi connectivity index (χ3v) is 6.15. The number of carboxylic acids is 1. The highest BCUT2D eigenvalue weighted by atomic mass is 16.4. The van der Waals surface area contributed by atoms with E-state index in [0.717, 1.165) is 39.6 Å². The highest BCUT2D eigenvalue weighted by Gasteiger charge is 2.22. The third kappa shape index (κ3) is 4.91. The lowest BCUT2D eigenvalue weighted by molar-refractivity contribution is 0.0684. The summed E-state index contributed by atoms with van der Waals surface area (Å²) in [6, 6.07) is 22.8. The molecule has 4 rings (SSSR count). The summed E-state index contributed by atoms with van der Waals surface area (Å²) in [5, 5.41) is 14.6. The number of hydrogen-bond acceptors (Lipinski definition) is 2. The van der Waals surface area contributed by atoms with Crippen molar-refractivity contribution in [2.45, 2.75) is 39.9 Å². The molecule has 0 aliphatic carbocycles. The number of nitrogens with one attached hydrogen (secondary N) is 1. The van der Waals surface area contributed by atoms with Crippen LogP contribution in [0.25, 0.3) is 17.0 Å². The number of hydrogen-bond donors (Lipinski definition) is 2. The molecule has 4 nitrogen and oxygen atoms in total. The van der Waals surface area contributed by atoms with Crippen molar-refractivity contribution in [3.05, 3.63) is 112 Å². The molecule has 2 N–H and O–H groups in total. The van der Waals surface area contributed by atoms with Crippen LogP contribution in [0.15, 0.2) is 73.3 Å². The molecule has 0 radical (unpaired) electrons. The van der Waals surface area contributed by atoms with Crippen molar-refractivity contribution >= 4 is 22.9 Å². The summed E-state index contributed by atoms with van der Waals surface area (Å²) in [5.41, 5.74) is 7.82. The molecule has 0 aliphatic heterocycles. The number of nitrogens with zero attached hydrogens (tertiary/aromatic N) is 1. The van der Waals surface area contributed by atoms with Crippen LogP contribution < -0.4 is 5.32 Å². The van der Waals surface area contributed by atoms with E-state index >= 15 is 0 Å². The molecule has 0 bridgehead atoms. The molecule has 3 aromatic carbocycles. The fourth-order valence-electron chi connectivity index (χ4n) is 4.29. The maximum atomic E-state index is 12.4. The van der Waals surface area contributed by atoms with Crippen LogP contribution in [0.1, 0.15) is 50.8 Å². The zero-order chi connectivity index (χ0) is 23.4. The van der Waals surface area contributed by atoms with Crippen LogP contribution in [-0.2, 0) is 26.1 Å². The first kappa shape index (κ1) is 22.6. The van der Waals surface area contributed by atoms with E-state index in [2.05, 4.69) is 49.2 Å². The summed E-state index contributed by atoms with van der Waals surface area (Å²) in [7, 11) is 0. The highest BCUT2D eigenvalue weighted by Crippen LogP contribution is 2.29. The van der Waals surface area contributed by atoms with Crippen molar-refractivity contribution in [2.24, 2.45) is 0 Å². The van der Waals surface area contributed by atoms with Crippen LogP contribution in [0.2, 0.25) is 0 Å². The number of benzene rings is 3. The predicted octanol–water partition coefficient (Wildman–Crippen LogP) is 6.19. The molecule has 0 amide bonds. The van der Waals surface area contributed by atoms with Gasteiger partial charge in [-0.25, -0.2) is 4.79 Å². The lowest BCUT2D eigenvalue weighted by Crippen LogP contribution is -2.17. The minimum absolute atomic E-state index is 0.345. The van der Waals surface area contributed by atoms with Gasteiger partial charge in [0.15, 0.2) is 0 Å².